The van der Waals surface area contributed by atoms with Gasteiger partial charge in [-0.05, 0) is 20.3 Å². The van der Waals surface area contributed by atoms with Crippen LogP contribution >= 0.6 is 11.6 Å². The summed E-state index contributed by atoms with van der Waals surface area (Å²) in [6.45, 7) is 4.92. The number of anilines is 1. The van der Waals surface area contributed by atoms with E-state index in [1.54, 1.807) is 16.5 Å². The molecule has 7 heteroatoms. The lowest BCUT2D eigenvalue weighted by molar-refractivity contribution is 0.0975. The molecule has 0 atom stereocenters. The van der Waals surface area contributed by atoms with Gasteiger partial charge in [-0.25, -0.2) is 9.67 Å². The highest BCUT2D eigenvalue weighted by Crippen LogP contribution is 2.33. The topological polar surface area (TPSA) is 64.2 Å². The molecule has 0 spiro atoms. The van der Waals surface area contributed by atoms with Crippen molar-refractivity contribution in [3.05, 3.63) is 28.6 Å². The molecule has 0 radical (unpaired) electrons. The number of carbonyl (C=O) groups is 1. The number of fused-ring (bicyclic) bond motifs is 1. The number of amides is 1. The number of carbonyl (C=O) groups excluding carboxylic acids is 1. The molecule has 100 valence electrons. The average Bonchev–Trinajstić information content (AvgIpc) is 2.94. The fourth-order valence-electron chi connectivity index (χ4n) is 2.28. The molecule has 0 N–H and O–H groups in total. The lowest BCUT2D eigenvalue weighted by Gasteiger charge is -2.27. The SMILES string of the molecule is Cc1nn2c(c1Cl)N(C(=O)c1ncoc1C)CCC2. The second kappa shape index (κ2) is 4.38. The van der Waals surface area contributed by atoms with E-state index in [4.69, 9.17) is 16.0 Å². The third-order valence-corrected chi connectivity index (χ3v) is 3.67. The number of oxazole rings is 1. The monoisotopic (exact) mass is 280 g/mol. The lowest BCUT2D eigenvalue weighted by Crippen LogP contribution is -2.38. The molecule has 6 nitrogen and oxygen atoms in total. The zero-order chi connectivity index (χ0) is 13.6. The van der Waals surface area contributed by atoms with Crippen LogP contribution in [-0.2, 0) is 6.54 Å². The molecule has 0 aromatic carbocycles. The summed E-state index contributed by atoms with van der Waals surface area (Å²) in [6, 6.07) is 0. The molecule has 0 aliphatic carbocycles. The minimum absolute atomic E-state index is 0.200. The van der Waals surface area contributed by atoms with Crippen molar-refractivity contribution in [2.45, 2.75) is 26.8 Å². The summed E-state index contributed by atoms with van der Waals surface area (Å²) < 4.78 is 6.86. The van der Waals surface area contributed by atoms with Crippen molar-refractivity contribution in [1.29, 1.82) is 0 Å². The molecule has 3 rings (SSSR count). The third kappa shape index (κ3) is 1.83. The van der Waals surface area contributed by atoms with E-state index in [-0.39, 0.29) is 5.91 Å². The maximum absolute atomic E-state index is 12.5. The van der Waals surface area contributed by atoms with Crippen LogP contribution in [0.5, 0.6) is 0 Å². The first-order valence-corrected chi connectivity index (χ1v) is 6.42. The second-order valence-electron chi connectivity index (χ2n) is 4.51. The van der Waals surface area contributed by atoms with Gasteiger partial charge < -0.3 is 4.42 Å². The molecule has 0 saturated carbocycles. The van der Waals surface area contributed by atoms with Crippen LogP contribution in [0.3, 0.4) is 0 Å². The van der Waals surface area contributed by atoms with Crippen LogP contribution in [0.25, 0.3) is 0 Å². The summed E-state index contributed by atoms with van der Waals surface area (Å²) in [5.74, 6) is 0.960. The first-order chi connectivity index (χ1) is 9.09. The molecule has 2 aromatic heterocycles. The number of hydrogen-bond acceptors (Lipinski definition) is 4. The summed E-state index contributed by atoms with van der Waals surface area (Å²) in [5.41, 5.74) is 1.05. The molecule has 0 unspecified atom stereocenters. The Labute approximate surface area is 115 Å². The maximum atomic E-state index is 12.5. The van der Waals surface area contributed by atoms with Crippen molar-refractivity contribution in [3.63, 3.8) is 0 Å². The van der Waals surface area contributed by atoms with Crippen LogP contribution in [0.4, 0.5) is 5.82 Å². The molecule has 0 saturated heterocycles. The molecule has 0 fully saturated rings. The quantitative estimate of drug-likeness (QED) is 0.803. The lowest BCUT2D eigenvalue weighted by atomic mass is 10.2. The Morgan fingerprint density at radius 3 is 2.89 bits per heavy atom. The smallest absolute Gasteiger partial charge is 0.281 e. The Bertz CT molecular complexity index is 646. The van der Waals surface area contributed by atoms with Crippen molar-refractivity contribution < 1.29 is 9.21 Å². The Morgan fingerprint density at radius 2 is 2.21 bits per heavy atom. The standard InChI is InChI=1S/C12H13ClN4O2/c1-7-9(13)11-16(4-3-5-17(11)15-7)12(18)10-8(2)19-6-14-10/h6H,3-5H2,1-2H3. The molecule has 1 aliphatic heterocycles. The molecule has 19 heavy (non-hydrogen) atoms. The fourth-order valence-corrected chi connectivity index (χ4v) is 2.52. The zero-order valence-electron chi connectivity index (χ0n) is 10.7. The van der Waals surface area contributed by atoms with Gasteiger partial charge in [0.2, 0.25) is 0 Å². The molecule has 3 heterocycles. The van der Waals surface area contributed by atoms with Crippen LogP contribution in [0.1, 0.15) is 28.4 Å². The zero-order valence-corrected chi connectivity index (χ0v) is 11.4. The highest BCUT2D eigenvalue weighted by atomic mass is 35.5. The molecule has 1 amide bonds. The molecule has 0 bridgehead atoms. The normalized spacial score (nSPS) is 14.6. The summed E-state index contributed by atoms with van der Waals surface area (Å²) in [5, 5.41) is 4.86. The largest absolute Gasteiger partial charge is 0.448 e. The molecule has 2 aromatic rings. The highest BCUT2D eigenvalue weighted by Gasteiger charge is 2.30. The van der Waals surface area contributed by atoms with Gasteiger partial charge in [-0.15, -0.1) is 0 Å². The minimum atomic E-state index is -0.200. The number of aromatic nitrogens is 3. The predicted octanol–water partition coefficient (Wildman–Crippen LogP) is 2.19. The van der Waals surface area contributed by atoms with Crippen molar-refractivity contribution in [3.8, 4) is 0 Å². The first kappa shape index (κ1) is 12.2. The highest BCUT2D eigenvalue weighted by molar-refractivity contribution is 6.34. The van der Waals surface area contributed by atoms with E-state index in [9.17, 15) is 4.79 Å². The van der Waals surface area contributed by atoms with E-state index in [1.165, 1.54) is 6.39 Å². The van der Waals surface area contributed by atoms with Gasteiger partial charge in [-0.2, -0.15) is 5.10 Å². The third-order valence-electron chi connectivity index (χ3n) is 3.23. The Kier molecular flexibility index (Phi) is 2.82. The van der Waals surface area contributed by atoms with E-state index >= 15 is 0 Å². The fraction of sp³-hybridized carbons (Fsp3) is 0.417. The van der Waals surface area contributed by atoms with Gasteiger partial charge >= 0.3 is 0 Å². The van der Waals surface area contributed by atoms with Gasteiger partial charge in [0.25, 0.3) is 5.91 Å². The Hall–Kier alpha value is -1.82. The van der Waals surface area contributed by atoms with Gasteiger partial charge in [0.05, 0.1) is 5.69 Å². The number of rotatable bonds is 1. The minimum Gasteiger partial charge on any atom is -0.448 e. The van der Waals surface area contributed by atoms with E-state index in [0.29, 0.717) is 28.8 Å². The van der Waals surface area contributed by atoms with Crippen molar-refractivity contribution in [2.75, 3.05) is 11.4 Å². The van der Waals surface area contributed by atoms with E-state index < -0.39 is 0 Å². The molecule has 1 aliphatic rings. The average molecular weight is 281 g/mol. The summed E-state index contributed by atoms with van der Waals surface area (Å²) in [4.78, 5) is 18.1. The van der Waals surface area contributed by atoms with Gasteiger partial charge in [-0.3, -0.25) is 9.69 Å². The number of hydrogen-bond donors (Lipinski definition) is 0. The summed E-state index contributed by atoms with van der Waals surface area (Å²) >= 11 is 6.25. The van der Waals surface area contributed by atoms with Gasteiger partial charge in [-0.1, -0.05) is 11.6 Å². The van der Waals surface area contributed by atoms with E-state index in [2.05, 4.69) is 10.1 Å². The number of halogens is 1. The molecular formula is C12H13ClN4O2. The van der Waals surface area contributed by atoms with Crippen molar-refractivity contribution >= 4 is 23.3 Å². The van der Waals surface area contributed by atoms with E-state index in [1.807, 2.05) is 6.92 Å². The molecular weight excluding hydrogens is 268 g/mol. The summed E-state index contributed by atoms with van der Waals surface area (Å²) in [7, 11) is 0. The number of aryl methyl sites for hydroxylation is 3. The second-order valence-corrected chi connectivity index (χ2v) is 4.89. The van der Waals surface area contributed by atoms with Gasteiger partial charge in [0, 0.05) is 13.1 Å². The van der Waals surface area contributed by atoms with Gasteiger partial charge in [0.15, 0.2) is 17.9 Å². The van der Waals surface area contributed by atoms with Crippen molar-refractivity contribution in [2.24, 2.45) is 0 Å². The van der Waals surface area contributed by atoms with Crippen LogP contribution < -0.4 is 4.90 Å². The predicted molar refractivity (Wildman–Crippen MR) is 69.5 cm³/mol. The summed E-state index contributed by atoms with van der Waals surface area (Å²) in [6.07, 6.45) is 2.11. The maximum Gasteiger partial charge on any atom is 0.281 e. The van der Waals surface area contributed by atoms with Gasteiger partial charge in [0.1, 0.15) is 10.8 Å². The van der Waals surface area contributed by atoms with Crippen LogP contribution in [0, 0.1) is 13.8 Å². The Balaban J connectivity index is 2.05. The Morgan fingerprint density at radius 1 is 1.42 bits per heavy atom. The first-order valence-electron chi connectivity index (χ1n) is 6.04. The van der Waals surface area contributed by atoms with Crippen LogP contribution in [-0.4, -0.2) is 27.2 Å². The number of nitrogens with zero attached hydrogens (tertiary/aromatic N) is 4. The van der Waals surface area contributed by atoms with Crippen LogP contribution in [0.2, 0.25) is 5.02 Å². The van der Waals surface area contributed by atoms with Crippen molar-refractivity contribution in [1.82, 2.24) is 14.8 Å². The van der Waals surface area contributed by atoms with Crippen LogP contribution in [0.15, 0.2) is 10.8 Å². The van der Waals surface area contributed by atoms with E-state index in [0.717, 1.165) is 18.7 Å².